The summed E-state index contributed by atoms with van der Waals surface area (Å²) in [6, 6.07) is 35.6. The van der Waals surface area contributed by atoms with Crippen LogP contribution in [-0.4, -0.2) is 35.3 Å². The summed E-state index contributed by atoms with van der Waals surface area (Å²) in [7, 11) is 0. The number of fused-ring (bicyclic) bond motifs is 2. The Morgan fingerprint density at radius 3 is 2.40 bits per heavy atom. The molecule has 1 amide bonds. The van der Waals surface area contributed by atoms with E-state index in [-0.39, 0.29) is 11.8 Å². The quantitative estimate of drug-likeness (QED) is 0.103. The first kappa shape index (κ1) is 29.5. The topological polar surface area (TPSA) is 101 Å². The molecule has 0 atom stereocenters. The number of hydrogen-bond acceptors (Lipinski definition) is 4. The van der Waals surface area contributed by atoms with Gasteiger partial charge in [0.2, 0.25) is 5.88 Å². The number of carbonyl (C=O) groups excluding carboxylic acids is 1. The van der Waals surface area contributed by atoms with Gasteiger partial charge in [-0.15, -0.1) is 0 Å². The van der Waals surface area contributed by atoms with Crippen LogP contribution in [0.3, 0.4) is 0 Å². The van der Waals surface area contributed by atoms with Crippen LogP contribution in [0.1, 0.15) is 33.5 Å². The zero-order chi connectivity index (χ0) is 31.2. The fourth-order valence-electron chi connectivity index (χ4n) is 5.77. The molecule has 7 heteroatoms. The molecule has 0 radical (unpaired) electrons. The van der Waals surface area contributed by atoms with Gasteiger partial charge in [0.1, 0.15) is 5.75 Å². The molecule has 3 N–H and O–H groups in total. The smallest absolute Gasteiger partial charge is 0.493 e. The van der Waals surface area contributed by atoms with Gasteiger partial charge in [-0.2, -0.15) is 0 Å². The number of rotatable bonds is 11. The molecule has 0 saturated carbocycles. The molecule has 6 rings (SSSR count). The van der Waals surface area contributed by atoms with Crippen molar-refractivity contribution < 1.29 is 24.2 Å². The minimum Gasteiger partial charge on any atom is -0.493 e. The van der Waals surface area contributed by atoms with Crippen molar-refractivity contribution >= 4 is 33.7 Å². The Morgan fingerprint density at radius 2 is 1.56 bits per heavy atom. The fraction of sp³-hybridized carbons (Fsp3) is 0.158. The average Bonchev–Trinajstić information content (AvgIpc) is 3.40. The van der Waals surface area contributed by atoms with Crippen LogP contribution in [0.5, 0.6) is 11.6 Å². The molecule has 1 aromatic heterocycles. The summed E-state index contributed by atoms with van der Waals surface area (Å²) >= 11 is 0. The van der Waals surface area contributed by atoms with Crippen molar-refractivity contribution in [2.24, 2.45) is 0 Å². The average molecular weight is 599 g/mol. The van der Waals surface area contributed by atoms with Gasteiger partial charge in [0.15, 0.2) is 0 Å². The van der Waals surface area contributed by atoms with E-state index in [4.69, 9.17) is 9.47 Å². The van der Waals surface area contributed by atoms with Gasteiger partial charge >= 0.3 is 6.16 Å². The van der Waals surface area contributed by atoms with Gasteiger partial charge in [-0.05, 0) is 66.5 Å². The van der Waals surface area contributed by atoms with Crippen LogP contribution in [0, 0.1) is 6.92 Å². The molecular formula is C38H34N2O5. The number of amides is 1. The standard InChI is InChI=1S/C38H34N2O5/c1-25-19-20-28(36(41)39-22-21-26-10-3-2-4-11-26)24-33(25)31-16-8-15-30-32(37(40-35(30)31)45-38(42)43)17-9-23-44-34-18-7-13-27-12-5-6-14-29(27)34/h2-8,10-16,18-20,24,40H,9,17,21-23H2,1H3,(H,39,41)(H,42,43). The molecule has 7 nitrogen and oxygen atoms in total. The number of benzene rings is 5. The normalized spacial score (nSPS) is 11.0. The van der Waals surface area contributed by atoms with Crippen molar-refractivity contribution in [1.82, 2.24) is 10.3 Å². The predicted octanol–water partition coefficient (Wildman–Crippen LogP) is 8.34. The third kappa shape index (κ3) is 6.68. The third-order valence-corrected chi connectivity index (χ3v) is 8.00. The van der Waals surface area contributed by atoms with E-state index in [0.29, 0.717) is 31.6 Å². The van der Waals surface area contributed by atoms with Crippen molar-refractivity contribution in [2.45, 2.75) is 26.2 Å². The maximum atomic E-state index is 13.1. The van der Waals surface area contributed by atoms with E-state index in [1.54, 1.807) is 0 Å². The second-order valence-electron chi connectivity index (χ2n) is 11.0. The van der Waals surface area contributed by atoms with E-state index in [1.807, 2.05) is 104 Å². The SMILES string of the molecule is Cc1ccc(C(=O)NCCc2ccccc2)cc1-c1cccc2c(CCCOc3cccc4ccccc34)c(OC(=O)O)[nH]c12. The number of nitrogens with one attached hydrogen (secondary N) is 2. The number of aryl methyl sites for hydroxylation is 2. The van der Waals surface area contributed by atoms with Crippen molar-refractivity contribution in [3.05, 3.63) is 131 Å². The number of para-hydroxylation sites is 1. The van der Waals surface area contributed by atoms with Crippen molar-refractivity contribution in [3.8, 4) is 22.8 Å². The highest BCUT2D eigenvalue weighted by Gasteiger charge is 2.19. The highest BCUT2D eigenvalue weighted by Crippen LogP contribution is 2.37. The molecule has 0 bridgehead atoms. The summed E-state index contributed by atoms with van der Waals surface area (Å²) in [5.74, 6) is 0.867. The van der Waals surface area contributed by atoms with Gasteiger partial charge in [0.05, 0.1) is 12.1 Å². The van der Waals surface area contributed by atoms with E-state index in [0.717, 1.165) is 61.7 Å². The predicted molar refractivity (Wildman–Crippen MR) is 177 cm³/mol. The number of carboxylic acid groups (broad SMARTS) is 1. The van der Waals surface area contributed by atoms with Gasteiger partial charge in [-0.1, -0.05) is 91.0 Å². The monoisotopic (exact) mass is 598 g/mol. The third-order valence-electron chi connectivity index (χ3n) is 8.00. The second kappa shape index (κ2) is 13.4. The Kier molecular flexibility index (Phi) is 8.78. The first-order valence-electron chi connectivity index (χ1n) is 15.1. The molecule has 0 saturated heterocycles. The van der Waals surface area contributed by atoms with Crippen molar-refractivity contribution in [2.75, 3.05) is 13.2 Å². The lowest BCUT2D eigenvalue weighted by atomic mass is 9.95. The van der Waals surface area contributed by atoms with Crippen LogP contribution in [-0.2, 0) is 12.8 Å². The lowest BCUT2D eigenvalue weighted by molar-refractivity contribution is 0.0954. The first-order chi connectivity index (χ1) is 22.0. The summed E-state index contributed by atoms with van der Waals surface area (Å²) in [4.78, 5) is 27.9. The van der Waals surface area contributed by atoms with Gasteiger partial charge in [-0.3, -0.25) is 4.79 Å². The van der Waals surface area contributed by atoms with Crippen molar-refractivity contribution in [1.29, 1.82) is 0 Å². The Morgan fingerprint density at radius 1 is 0.800 bits per heavy atom. The molecule has 226 valence electrons. The van der Waals surface area contributed by atoms with Crippen LogP contribution in [0.25, 0.3) is 32.8 Å². The molecule has 5 aromatic carbocycles. The number of H-pyrrole nitrogens is 1. The van der Waals surface area contributed by atoms with Crippen LogP contribution < -0.4 is 14.8 Å². The number of carbonyl (C=O) groups is 2. The lowest BCUT2D eigenvalue weighted by Gasteiger charge is -2.11. The molecule has 0 fully saturated rings. The molecular weight excluding hydrogens is 564 g/mol. The van der Waals surface area contributed by atoms with E-state index < -0.39 is 6.16 Å². The van der Waals surface area contributed by atoms with E-state index >= 15 is 0 Å². The molecule has 6 aromatic rings. The van der Waals surface area contributed by atoms with Crippen LogP contribution >= 0.6 is 0 Å². The minimum absolute atomic E-state index is 0.146. The number of hydrogen-bond donors (Lipinski definition) is 3. The Bertz CT molecular complexity index is 1970. The highest BCUT2D eigenvalue weighted by molar-refractivity contribution is 6.01. The molecule has 1 heterocycles. The van der Waals surface area contributed by atoms with E-state index in [9.17, 15) is 14.7 Å². The minimum atomic E-state index is -1.39. The van der Waals surface area contributed by atoms with Gasteiger partial charge in [-0.25, -0.2) is 4.79 Å². The van der Waals surface area contributed by atoms with Crippen LogP contribution in [0.2, 0.25) is 0 Å². The molecule has 0 aliphatic heterocycles. The van der Waals surface area contributed by atoms with E-state index in [2.05, 4.69) is 22.4 Å². The Labute approximate surface area is 261 Å². The molecule has 0 aliphatic carbocycles. The van der Waals surface area contributed by atoms with Gasteiger partial charge in [0, 0.05) is 34.0 Å². The van der Waals surface area contributed by atoms with Crippen molar-refractivity contribution in [3.63, 3.8) is 0 Å². The maximum absolute atomic E-state index is 13.1. The van der Waals surface area contributed by atoms with Gasteiger partial charge < -0.3 is 24.9 Å². The number of ether oxygens (including phenoxy) is 2. The van der Waals surface area contributed by atoms with Crippen LogP contribution in [0.4, 0.5) is 4.79 Å². The molecule has 0 spiro atoms. The number of aromatic nitrogens is 1. The lowest BCUT2D eigenvalue weighted by Crippen LogP contribution is -2.25. The highest BCUT2D eigenvalue weighted by atomic mass is 16.7. The largest absolute Gasteiger partial charge is 0.512 e. The second-order valence-corrected chi connectivity index (χ2v) is 11.0. The maximum Gasteiger partial charge on any atom is 0.512 e. The fourth-order valence-corrected chi connectivity index (χ4v) is 5.77. The Hall–Kier alpha value is -5.56. The summed E-state index contributed by atoms with van der Waals surface area (Å²) in [5.41, 5.74) is 5.97. The summed E-state index contributed by atoms with van der Waals surface area (Å²) in [6.07, 6.45) is 0.546. The summed E-state index contributed by atoms with van der Waals surface area (Å²) < 4.78 is 11.4. The summed E-state index contributed by atoms with van der Waals surface area (Å²) in [6.45, 7) is 2.98. The molecule has 0 aliphatic rings. The van der Waals surface area contributed by atoms with E-state index in [1.165, 1.54) is 0 Å². The number of aromatic amines is 1. The van der Waals surface area contributed by atoms with Gasteiger partial charge in [0.25, 0.3) is 5.91 Å². The first-order valence-corrected chi connectivity index (χ1v) is 15.1. The Balaban J connectivity index is 1.23. The summed E-state index contributed by atoms with van der Waals surface area (Å²) in [5, 5.41) is 15.5. The molecule has 0 unspecified atom stereocenters. The molecule has 45 heavy (non-hydrogen) atoms. The zero-order valence-electron chi connectivity index (χ0n) is 25.0. The van der Waals surface area contributed by atoms with Crippen LogP contribution in [0.15, 0.2) is 109 Å². The zero-order valence-corrected chi connectivity index (χ0v) is 25.0.